The molecule has 1 fully saturated rings. The van der Waals surface area contributed by atoms with Crippen LogP contribution in [0.15, 0.2) is 34.7 Å². The maximum absolute atomic E-state index is 12.5. The fourth-order valence-corrected chi connectivity index (χ4v) is 5.32. The standard InChI is InChI=1S/C21H26N6OS2/c1-14-19(15(2)27(26-14)17-11-7-4-8-12-17)23-18(28)13-29-21-25-24-20(30-21)22-16-9-5-3-6-10-16/h4,7-8,11-12,16H,3,5-6,9-10,13H2,1-2H3,(H,22,24)(H,23,28). The minimum atomic E-state index is -0.0733. The van der Waals surface area contributed by atoms with Gasteiger partial charge in [0.1, 0.15) is 0 Å². The van der Waals surface area contributed by atoms with Crippen LogP contribution in [-0.4, -0.2) is 37.7 Å². The number of thioether (sulfide) groups is 1. The van der Waals surface area contributed by atoms with Crippen molar-refractivity contribution in [1.29, 1.82) is 0 Å². The lowest BCUT2D eigenvalue weighted by Gasteiger charge is -2.21. The molecule has 9 heteroatoms. The Kier molecular flexibility index (Phi) is 6.69. The van der Waals surface area contributed by atoms with Crippen LogP contribution in [0.3, 0.4) is 0 Å². The first-order chi connectivity index (χ1) is 14.6. The van der Waals surface area contributed by atoms with Crippen molar-refractivity contribution < 1.29 is 4.79 Å². The van der Waals surface area contributed by atoms with Crippen LogP contribution in [0, 0.1) is 13.8 Å². The first-order valence-corrected chi connectivity index (χ1v) is 12.0. The van der Waals surface area contributed by atoms with Gasteiger partial charge in [-0.3, -0.25) is 4.79 Å². The number of nitrogens with zero attached hydrogens (tertiary/aromatic N) is 4. The summed E-state index contributed by atoms with van der Waals surface area (Å²) in [6.45, 7) is 3.87. The van der Waals surface area contributed by atoms with E-state index in [4.69, 9.17) is 0 Å². The molecular formula is C21H26N6OS2. The maximum Gasteiger partial charge on any atom is 0.234 e. The molecule has 0 bridgehead atoms. The highest BCUT2D eigenvalue weighted by molar-refractivity contribution is 8.01. The van der Waals surface area contributed by atoms with E-state index >= 15 is 0 Å². The van der Waals surface area contributed by atoms with Crippen LogP contribution < -0.4 is 10.6 Å². The molecule has 3 aromatic rings. The summed E-state index contributed by atoms with van der Waals surface area (Å²) in [5.74, 6) is 0.212. The molecule has 1 aromatic carbocycles. The molecule has 0 atom stereocenters. The van der Waals surface area contributed by atoms with Gasteiger partial charge in [-0.1, -0.05) is 60.6 Å². The molecule has 7 nitrogen and oxygen atoms in total. The van der Waals surface area contributed by atoms with Gasteiger partial charge in [-0.05, 0) is 38.8 Å². The Bertz CT molecular complexity index is 994. The summed E-state index contributed by atoms with van der Waals surface area (Å²) >= 11 is 2.93. The summed E-state index contributed by atoms with van der Waals surface area (Å²) in [4.78, 5) is 12.5. The van der Waals surface area contributed by atoms with Crippen LogP contribution in [0.2, 0.25) is 0 Å². The van der Waals surface area contributed by atoms with E-state index in [1.807, 2.05) is 48.9 Å². The number of carbonyl (C=O) groups excluding carboxylic acids is 1. The number of carbonyl (C=O) groups is 1. The second-order valence-electron chi connectivity index (χ2n) is 7.48. The Morgan fingerprint density at radius 2 is 1.93 bits per heavy atom. The number of aromatic nitrogens is 4. The van der Waals surface area contributed by atoms with E-state index in [2.05, 4.69) is 25.9 Å². The van der Waals surface area contributed by atoms with Crippen LogP contribution in [0.4, 0.5) is 10.8 Å². The number of aryl methyl sites for hydroxylation is 1. The number of hydrogen-bond acceptors (Lipinski definition) is 7. The summed E-state index contributed by atoms with van der Waals surface area (Å²) in [6.07, 6.45) is 6.27. The third-order valence-corrected chi connectivity index (χ3v) is 7.21. The van der Waals surface area contributed by atoms with Crippen molar-refractivity contribution in [3.8, 4) is 5.69 Å². The van der Waals surface area contributed by atoms with Gasteiger partial charge in [-0.25, -0.2) is 4.68 Å². The Hall–Kier alpha value is -2.39. The van der Waals surface area contributed by atoms with Gasteiger partial charge < -0.3 is 10.6 Å². The number of hydrogen-bond donors (Lipinski definition) is 2. The number of amides is 1. The molecule has 30 heavy (non-hydrogen) atoms. The van der Waals surface area contributed by atoms with E-state index in [1.165, 1.54) is 55.2 Å². The van der Waals surface area contributed by atoms with Gasteiger partial charge in [0.25, 0.3) is 0 Å². The molecule has 0 aliphatic heterocycles. The van der Waals surface area contributed by atoms with Crippen molar-refractivity contribution >= 4 is 39.8 Å². The lowest BCUT2D eigenvalue weighted by Crippen LogP contribution is -2.21. The zero-order valence-electron chi connectivity index (χ0n) is 17.2. The van der Waals surface area contributed by atoms with Crippen LogP contribution in [-0.2, 0) is 4.79 Å². The van der Waals surface area contributed by atoms with Gasteiger partial charge in [0.05, 0.1) is 28.5 Å². The summed E-state index contributed by atoms with van der Waals surface area (Å²) in [5.41, 5.74) is 3.44. The lowest BCUT2D eigenvalue weighted by molar-refractivity contribution is -0.113. The largest absolute Gasteiger partial charge is 0.357 e. The zero-order chi connectivity index (χ0) is 20.9. The summed E-state index contributed by atoms with van der Waals surface area (Å²) in [5, 5.41) is 20.4. The molecule has 4 rings (SSSR count). The van der Waals surface area contributed by atoms with Crippen LogP contribution in [0.1, 0.15) is 43.5 Å². The fraction of sp³-hybridized carbons (Fsp3) is 0.429. The van der Waals surface area contributed by atoms with E-state index < -0.39 is 0 Å². The van der Waals surface area contributed by atoms with E-state index in [-0.39, 0.29) is 11.7 Å². The summed E-state index contributed by atoms with van der Waals surface area (Å²) in [6, 6.07) is 10.4. The number of benzene rings is 1. The predicted molar refractivity (Wildman–Crippen MR) is 123 cm³/mol. The molecule has 1 saturated carbocycles. The van der Waals surface area contributed by atoms with Gasteiger partial charge in [-0.2, -0.15) is 5.10 Å². The minimum Gasteiger partial charge on any atom is -0.357 e. The first kappa shape index (κ1) is 20.9. The van der Waals surface area contributed by atoms with Gasteiger partial charge in [0, 0.05) is 6.04 Å². The number of para-hydroxylation sites is 1. The van der Waals surface area contributed by atoms with E-state index in [0.29, 0.717) is 6.04 Å². The van der Waals surface area contributed by atoms with Gasteiger partial charge in [0.2, 0.25) is 11.0 Å². The van der Waals surface area contributed by atoms with Crippen molar-refractivity contribution in [1.82, 2.24) is 20.0 Å². The van der Waals surface area contributed by atoms with Crippen LogP contribution in [0.25, 0.3) is 5.69 Å². The minimum absolute atomic E-state index is 0.0733. The molecule has 0 spiro atoms. The molecule has 0 saturated heterocycles. The van der Waals surface area contributed by atoms with E-state index in [9.17, 15) is 4.79 Å². The van der Waals surface area contributed by atoms with Crippen molar-refractivity contribution in [2.75, 3.05) is 16.4 Å². The Labute approximate surface area is 184 Å². The van der Waals surface area contributed by atoms with Crippen molar-refractivity contribution in [3.05, 3.63) is 41.7 Å². The molecule has 0 radical (unpaired) electrons. The van der Waals surface area contributed by atoms with Crippen LogP contribution in [0.5, 0.6) is 0 Å². The number of anilines is 2. The van der Waals surface area contributed by atoms with E-state index in [1.54, 1.807) is 0 Å². The normalized spacial score (nSPS) is 14.6. The summed E-state index contributed by atoms with van der Waals surface area (Å²) in [7, 11) is 0. The third-order valence-electron chi connectivity index (χ3n) is 5.22. The molecule has 2 N–H and O–H groups in total. The Balaban J connectivity index is 1.33. The highest BCUT2D eigenvalue weighted by Gasteiger charge is 2.17. The predicted octanol–water partition coefficient (Wildman–Crippen LogP) is 4.82. The average Bonchev–Trinajstić information content (AvgIpc) is 3.33. The van der Waals surface area contributed by atoms with Gasteiger partial charge in [-0.15, -0.1) is 10.2 Å². The molecule has 1 aliphatic rings. The second kappa shape index (κ2) is 9.61. The van der Waals surface area contributed by atoms with E-state index in [0.717, 1.165) is 32.2 Å². The first-order valence-electron chi connectivity index (χ1n) is 10.2. The van der Waals surface area contributed by atoms with Crippen molar-refractivity contribution in [2.45, 2.75) is 56.3 Å². The molecule has 1 amide bonds. The van der Waals surface area contributed by atoms with Crippen molar-refractivity contribution in [3.63, 3.8) is 0 Å². The molecule has 2 heterocycles. The number of nitrogens with one attached hydrogen (secondary N) is 2. The van der Waals surface area contributed by atoms with Gasteiger partial charge >= 0.3 is 0 Å². The quantitative estimate of drug-likeness (QED) is 0.511. The zero-order valence-corrected chi connectivity index (χ0v) is 18.9. The van der Waals surface area contributed by atoms with Gasteiger partial charge in [0.15, 0.2) is 4.34 Å². The molecule has 158 valence electrons. The highest BCUT2D eigenvalue weighted by Crippen LogP contribution is 2.29. The molecule has 1 aliphatic carbocycles. The maximum atomic E-state index is 12.5. The van der Waals surface area contributed by atoms with Crippen molar-refractivity contribution in [2.24, 2.45) is 0 Å². The third kappa shape index (κ3) is 5.02. The lowest BCUT2D eigenvalue weighted by atomic mass is 9.96. The molecule has 0 unspecified atom stereocenters. The smallest absolute Gasteiger partial charge is 0.234 e. The topological polar surface area (TPSA) is 84.7 Å². The fourth-order valence-electron chi connectivity index (χ4n) is 3.69. The molecular weight excluding hydrogens is 416 g/mol. The Morgan fingerprint density at radius 3 is 2.70 bits per heavy atom. The second-order valence-corrected chi connectivity index (χ2v) is 9.68. The Morgan fingerprint density at radius 1 is 1.17 bits per heavy atom. The molecule has 2 aromatic heterocycles. The highest BCUT2D eigenvalue weighted by atomic mass is 32.2. The van der Waals surface area contributed by atoms with Crippen LogP contribution >= 0.6 is 23.1 Å². The number of rotatable bonds is 7. The SMILES string of the molecule is Cc1nn(-c2ccccc2)c(C)c1NC(=O)CSc1nnc(NC2CCCCC2)s1. The average molecular weight is 443 g/mol. The monoisotopic (exact) mass is 442 g/mol. The summed E-state index contributed by atoms with van der Waals surface area (Å²) < 4.78 is 2.66.